The fourth-order valence-electron chi connectivity index (χ4n) is 6.70. The van der Waals surface area contributed by atoms with Gasteiger partial charge in [0.05, 0.1) is 30.7 Å². The fraction of sp³-hybridized carbons (Fsp3) is 0.406. The molecule has 5 aliphatic heterocycles. The Morgan fingerprint density at radius 3 is 2.85 bits per heavy atom. The van der Waals surface area contributed by atoms with Crippen molar-refractivity contribution in [2.75, 3.05) is 43.5 Å². The third-order valence-corrected chi connectivity index (χ3v) is 9.45. The molecule has 0 amide bonds. The summed E-state index contributed by atoms with van der Waals surface area (Å²) in [5.41, 5.74) is 5.65. The van der Waals surface area contributed by atoms with Crippen LogP contribution >= 0.6 is 11.6 Å². The summed E-state index contributed by atoms with van der Waals surface area (Å²) in [6.07, 6.45) is 3.95. The summed E-state index contributed by atoms with van der Waals surface area (Å²) >= 11 is 6.63. The molecule has 0 radical (unpaired) electrons. The minimum Gasteiger partial charge on any atom is -0.479 e. The number of nitrogens with two attached hydrogens (primary N) is 1. The van der Waals surface area contributed by atoms with Crippen LogP contribution in [-0.4, -0.2) is 75.5 Å². The average molecular weight is 876 g/mol. The topological polar surface area (TPSA) is 105 Å². The van der Waals surface area contributed by atoms with Crippen molar-refractivity contribution in [2.24, 2.45) is 5.92 Å². The number of nitrogen functional groups attached to an aromatic ring is 1. The Labute approximate surface area is 292 Å². The van der Waals surface area contributed by atoms with Gasteiger partial charge in [-0.1, -0.05) is 17.3 Å². The van der Waals surface area contributed by atoms with E-state index in [-0.39, 0.29) is 65.4 Å². The van der Waals surface area contributed by atoms with Gasteiger partial charge in [0.25, 0.3) is 0 Å². The second kappa shape index (κ2) is 13.3. The smallest absolute Gasteiger partial charge is 0.352 e. The molecule has 46 heavy (non-hydrogen) atoms. The molecule has 4 aromatic rings. The summed E-state index contributed by atoms with van der Waals surface area (Å²) in [6.45, 7) is 4.48. The molecular formula is C32H31ClF3N7O2U. The number of anilines is 2. The number of hydrogen-bond acceptors (Lipinski definition) is 8. The van der Waals surface area contributed by atoms with E-state index < -0.39 is 29.3 Å². The van der Waals surface area contributed by atoms with E-state index in [1.165, 1.54) is 30.8 Å². The Morgan fingerprint density at radius 1 is 1.22 bits per heavy atom. The Kier molecular flexibility index (Phi) is 9.58. The van der Waals surface area contributed by atoms with Crippen molar-refractivity contribution in [1.82, 2.24) is 19.9 Å². The van der Waals surface area contributed by atoms with Crippen molar-refractivity contribution >= 4 is 44.8 Å². The predicted molar refractivity (Wildman–Crippen MR) is 167 cm³/mol. The monoisotopic (exact) mass is 875 g/mol. The number of rotatable bonds is 0. The van der Waals surface area contributed by atoms with Gasteiger partial charge in [0.1, 0.15) is 28.4 Å². The number of alkyl halides is 2. The van der Waals surface area contributed by atoms with Crippen LogP contribution in [0.4, 0.5) is 24.7 Å². The van der Waals surface area contributed by atoms with Crippen molar-refractivity contribution in [3.63, 3.8) is 0 Å². The first-order valence-corrected chi connectivity index (χ1v) is 15.4. The van der Waals surface area contributed by atoms with Crippen molar-refractivity contribution in [3.05, 3.63) is 58.5 Å². The summed E-state index contributed by atoms with van der Waals surface area (Å²) in [7, 11) is 0. The number of aromatic nitrogens is 3. The van der Waals surface area contributed by atoms with Gasteiger partial charge in [-0.15, -0.1) is 6.42 Å². The van der Waals surface area contributed by atoms with E-state index in [9.17, 15) is 9.50 Å². The maximum atomic E-state index is 16.0. The summed E-state index contributed by atoms with van der Waals surface area (Å²) in [6, 6.07) is 9.67. The molecule has 7 heterocycles. The van der Waals surface area contributed by atoms with Gasteiger partial charge in [-0.25, -0.2) is 19.2 Å². The number of benzene rings is 2. The second-order valence-corrected chi connectivity index (χ2v) is 12.3. The molecule has 2 aromatic carbocycles. The van der Waals surface area contributed by atoms with Gasteiger partial charge < -0.3 is 25.4 Å². The molecular weight excluding hydrogens is 845 g/mol. The number of aromatic hydroxyl groups is 1. The Bertz CT molecular complexity index is 1870. The molecule has 9 rings (SSSR count). The van der Waals surface area contributed by atoms with Crippen LogP contribution in [0, 0.1) is 60.8 Å². The van der Waals surface area contributed by atoms with Gasteiger partial charge in [-0.05, 0) is 48.7 Å². The van der Waals surface area contributed by atoms with E-state index in [2.05, 4.69) is 30.8 Å². The van der Waals surface area contributed by atoms with E-state index in [1.54, 1.807) is 12.1 Å². The first-order chi connectivity index (χ1) is 21.7. The first-order valence-electron chi connectivity index (χ1n) is 14.9. The van der Waals surface area contributed by atoms with Gasteiger partial charge in [-0.3, -0.25) is 4.98 Å². The molecule has 3 fully saturated rings. The minimum atomic E-state index is -0.799. The van der Waals surface area contributed by atoms with E-state index in [1.807, 2.05) is 11.8 Å². The van der Waals surface area contributed by atoms with Crippen molar-refractivity contribution in [3.8, 4) is 23.3 Å². The number of ether oxygens (including phenoxy) is 1. The summed E-state index contributed by atoms with van der Waals surface area (Å²) in [5.74, 6) is -1.42. The van der Waals surface area contributed by atoms with E-state index in [4.69, 9.17) is 22.1 Å². The second-order valence-electron chi connectivity index (χ2n) is 11.8. The molecule has 238 valence electrons. The van der Waals surface area contributed by atoms with Gasteiger partial charge in [0.2, 0.25) is 0 Å². The SMILES string of the molecule is C[C@@H]1[C@H](F)C[C-]2CCCN21.Nc1cc2c3c(c(F)ccc3c1)C#[N+][C@H](Cl)[C@@H]1COCCN(C1)c1nc(O)nc3c(F)c-2ncc13.[U]. The molecule has 0 aliphatic carbocycles. The molecule has 3 saturated heterocycles. The Balaban J connectivity index is 0.000000287. The summed E-state index contributed by atoms with van der Waals surface area (Å²) in [5, 5.41) is 11.5. The van der Waals surface area contributed by atoms with Crippen LogP contribution in [0.2, 0.25) is 0 Å². The first kappa shape index (κ1) is 33.0. The molecule has 4 atom stereocenters. The molecule has 14 heteroatoms. The largest absolute Gasteiger partial charge is 0.479 e. The average Bonchev–Trinajstić information content (AvgIpc) is 3.47. The van der Waals surface area contributed by atoms with E-state index in [0.29, 0.717) is 60.4 Å². The maximum Gasteiger partial charge on any atom is 0.352 e. The summed E-state index contributed by atoms with van der Waals surface area (Å²) in [4.78, 5) is 20.9. The third kappa shape index (κ3) is 5.99. The van der Waals surface area contributed by atoms with E-state index in [0.717, 1.165) is 13.0 Å². The van der Waals surface area contributed by atoms with Crippen LogP contribution < -0.4 is 10.6 Å². The molecule has 6 bridgehead atoms. The number of fused-ring (bicyclic) bond motifs is 3. The van der Waals surface area contributed by atoms with Crippen LogP contribution in [0.15, 0.2) is 30.5 Å². The number of halogens is 4. The van der Waals surface area contributed by atoms with Crippen LogP contribution in [-0.2, 0) is 4.74 Å². The van der Waals surface area contributed by atoms with Crippen molar-refractivity contribution in [2.45, 2.75) is 43.9 Å². The molecule has 2 aromatic heterocycles. The zero-order valence-corrected chi connectivity index (χ0v) is 29.9. The summed E-state index contributed by atoms with van der Waals surface area (Å²) < 4.78 is 49.8. The van der Waals surface area contributed by atoms with Gasteiger partial charge in [0.15, 0.2) is 5.82 Å². The Morgan fingerprint density at radius 2 is 2.04 bits per heavy atom. The molecule has 5 aliphatic rings. The zero-order chi connectivity index (χ0) is 31.4. The molecule has 0 spiro atoms. The molecule has 0 unspecified atom stereocenters. The zero-order valence-electron chi connectivity index (χ0n) is 25.0. The molecule has 9 nitrogen and oxygen atoms in total. The van der Waals surface area contributed by atoms with Crippen molar-refractivity contribution in [1.29, 1.82) is 0 Å². The molecule has 3 N–H and O–H groups in total. The van der Waals surface area contributed by atoms with E-state index >= 15 is 8.78 Å². The maximum absolute atomic E-state index is 16.0. The number of hydrogen-bond donors (Lipinski definition) is 2. The fourth-order valence-corrected chi connectivity index (χ4v) is 6.90. The van der Waals surface area contributed by atoms with Crippen LogP contribution in [0.3, 0.4) is 0 Å². The number of pyridine rings is 1. The quantitative estimate of drug-likeness (QED) is 0.0981. The van der Waals surface area contributed by atoms with Gasteiger partial charge in [0, 0.05) is 73.1 Å². The predicted octanol–water partition coefficient (Wildman–Crippen LogP) is 5.87. The Hall–Kier alpha value is -2.87. The van der Waals surface area contributed by atoms with Crippen LogP contribution in [0.1, 0.15) is 31.7 Å². The van der Waals surface area contributed by atoms with Crippen LogP contribution in [0.25, 0.3) is 37.8 Å². The normalized spacial score (nSPS) is 24.1. The standard InChI is InChI=1S/C24H17ClF2N6O2.C8H13FN.U/c25-22-12-9-33(3-4-35-10-12)23-16-8-29-20(19(27)21(16)31-24(34)32-23)14-6-13(28)5-11-1-2-17(26)15(7-30-22)18(11)14;1-6-8(9)5-7-3-2-4-10(6)7;/h1-2,5-6,8,12,22H,3-4,9-10,28H2;6,8H,2-5H2,1H3;/q;-1;/p+1/t12-,22-;6-,8-;/m01./s1. The number of nitrogens with zero attached hydrogens (tertiary/aromatic N) is 6. The third-order valence-electron chi connectivity index (χ3n) is 8.99. The van der Waals surface area contributed by atoms with Crippen LogP contribution in [0.5, 0.6) is 6.01 Å². The van der Waals surface area contributed by atoms with Gasteiger partial charge in [-0.2, -0.15) is 16.4 Å². The van der Waals surface area contributed by atoms with Crippen molar-refractivity contribution < 1.29 is 54.1 Å². The minimum absolute atomic E-state index is 0. The molecule has 0 saturated carbocycles. The van der Waals surface area contributed by atoms with Gasteiger partial charge >= 0.3 is 17.6 Å².